The minimum absolute atomic E-state index is 0.320. The number of hydrogen-bond donors (Lipinski definition) is 1. The van der Waals surface area contributed by atoms with Crippen LogP contribution < -0.4 is 5.32 Å². The molecule has 106 valence electrons. The first-order valence-electron chi connectivity index (χ1n) is 7.58. The van der Waals surface area contributed by atoms with Crippen LogP contribution in [0.25, 0.3) is 0 Å². The van der Waals surface area contributed by atoms with Gasteiger partial charge < -0.3 is 10.2 Å². The van der Waals surface area contributed by atoms with E-state index in [1.165, 1.54) is 32.1 Å². The summed E-state index contributed by atoms with van der Waals surface area (Å²) >= 11 is 0. The van der Waals surface area contributed by atoms with E-state index in [1.807, 2.05) is 0 Å². The lowest BCUT2D eigenvalue weighted by molar-refractivity contribution is 0.0382. The van der Waals surface area contributed by atoms with Gasteiger partial charge in [0.25, 0.3) is 0 Å². The van der Waals surface area contributed by atoms with E-state index in [-0.39, 0.29) is 0 Å². The summed E-state index contributed by atoms with van der Waals surface area (Å²) in [6.45, 7) is 9.71. The minimum Gasteiger partial charge on any atom is -0.312 e. The van der Waals surface area contributed by atoms with Gasteiger partial charge in [0.05, 0.1) is 0 Å². The number of hydrogen-bond acceptors (Lipinski definition) is 2. The molecule has 0 aromatic carbocycles. The SMILES string of the molecule is C=CCC(NCCC)C1(N(C)C)CCCC(C)C1. The molecule has 1 rings (SSSR count). The van der Waals surface area contributed by atoms with Gasteiger partial charge in [-0.3, -0.25) is 0 Å². The molecule has 1 aliphatic rings. The van der Waals surface area contributed by atoms with Crippen LogP contribution in [0.1, 0.15) is 52.4 Å². The number of nitrogens with one attached hydrogen (secondary N) is 1. The maximum atomic E-state index is 3.95. The third-order valence-electron chi connectivity index (χ3n) is 4.59. The minimum atomic E-state index is 0.320. The summed E-state index contributed by atoms with van der Waals surface area (Å²) < 4.78 is 0. The van der Waals surface area contributed by atoms with E-state index in [0.29, 0.717) is 11.6 Å². The summed E-state index contributed by atoms with van der Waals surface area (Å²) in [5, 5.41) is 3.77. The van der Waals surface area contributed by atoms with Gasteiger partial charge in [0, 0.05) is 11.6 Å². The van der Waals surface area contributed by atoms with Crippen LogP contribution in [0.2, 0.25) is 0 Å². The van der Waals surface area contributed by atoms with Crippen LogP contribution in [-0.4, -0.2) is 37.1 Å². The fourth-order valence-corrected chi connectivity index (χ4v) is 3.58. The van der Waals surface area contributed by atoms with E-state index < -0.39 is 0 Å². The molecule has 0 heterocycles. The number of rotatable bonds is 7. The van der Waals surface area contributed by atoms with Crippen LogP contribution in [0.5, 0.6) is 0 Å². The van der Waals surface area contributed by atoms with E-state index in [9.17, 15) is 0 Å². The van der Waals surface area contributed by atoms with Crippen LogP contribution in [0, 0.1) is 5.92 Å². The number of likely N-dealkylation sites (N-methyl/N-ethyl adjacent to an activating group) is 1. The van der Waals surface area contributed by atoms with Crippen LogP contribution in [0.15, 0.2) is 12.7 Å². The molecule has 0 bridgehead atoms. The average molecular weight is 252 g/mol. The quantitative estimate of drug-likeness (QED) is 0.698. The molecule has 18 heavy (non-hydrogen) atoms. The lowest BCUT2D eigenvalue weighted by atomic mass is 9.70. The molecule has 2 heteroatoms. The Morgan fingerprint density at radius 1 is 1.50 bits per heavy atom. The first kappa shape index (κ1) is 15.7. The highest BCUT2D eigenvalue weighted by Gasteiger charge is 2.42. The van der Waals surface area contributed by atoms with Crippen molar-refractivity contribution in [3.8, 4) is 0 Å². The van der Waals surface area contributed by atoms with Gasteiger partial charge in [0.1, 0.15) is 0 Å². The molecule has 0 saturated heterocycles. The molecule has 1 aliphatic carbocycles. The molecular formula is C16H32N2. The Kier molecular flexibility index (Phi) is 6.37. The Bertz CT molecular complexity index is 249. The standard InChI is InChI=1S/C16H32N2/c1-6-9-15(17-12-7-2)16(18(4)5)11-8-10-14(3)13-16/h6,14-15,17H,1,7-13H2,2-5H3. The van der Waals surface area contributed by atoms with Crippen molar-refractivity contribution in [3.05, 3.63) is 12.7 Å². The fraction of sp³-hybridized carbons (Fsp3) is 0.875. The van der Waals surface area contributed by atoms with Crippen LogP contribution >= 0.6 is 0 Å². The van der Waals surface area contributed by atoms with Crippen molar-refractivity contribution in [1.29, 1.82) is 0 Å². The third kappa shape index (κ3) is 3.58. The van der Waals surface area contributed by atoms with Crippen LogP contribution in [-0.2, 0) is 0 Å². The van der Waals surface area contributed by atoms with Crippen LogP contribution in [0.3, 0.4) is 0 Å². The third-order valence-corrected chi connectivity index (χ3v) is 4.59. The lowest BCUT2D eigenvalue weighted by Crippen LogP contribution is -2.60. The van der Waals surface area contributed by atoms with Gasteiger partial charge in [-0.2, -0.15) is 0 Å². The smallest absolute Gasteiger partial charge is 0.0361 e. The fourth-order valence-electron chi connectivity index (χ4n) is 3.58. The first-order valence-corrected chi connectivity index (χ1v) is 7.58. The average Bonchev–Trinajstić information content (AvgIpc) is 2.34. The zero-order chi connectivity index (χ0) is 13.6. The maximum absolute atomic E-state index is 3.95. The van der Waals surface area contributed by atoms with E-state index in [4.69, 9.17) is 0 Å². The monoisotopic (exact) mass is 252 g/mol. The van der Waals surface area contributed by atoms with Crippen molar-refractivity contribution in [2.75, 3.05) is 20.6 Å². The van der Waals surface area contributed by atoms with E-state index >= 15 is 0 Å². The highest BCUT2D eigenvalue weighted by molar-refractivity contribution is 5.03. The van der Waals surface area contributed by atoms with Gasteiger partial charge in [-0.25, -0.2) is 0 Å². The second kappa shape index (κ2) is 7.30. The van der Waals surface area contributed by atoms with Gasteiger partial charge in [-0.1, -0.05) is 32.8 Å². The maximum Gasteiger partial charge on any atom is 0.0361 e. The molecule has 3 unspecified atom stereocenters. The predicted octanol–water partition coefficient (Wildman–Crippen LogP) is 3.44. The second-order valence-electron chi connectivity index (χ2n) is 6.23. The molecule has 0 aromatic heterocycles. The van der Waals surface area contributed by atoms with Gasteiger partial charge in [0.15, 0.2) is 0 Å². The second-order valence-corrected chi connectivity index (χ2v) is 6.23. The van der Waals surface area contributed by atoms with Gasteiger partial charge >= 0.3 is 0 Å². The molecule has 1 fully saturated rings. The van der Waals surface area contributed by atoms with Crippen molar-refractivity contribution in [2.45, 2.75) is 64.0 Å². The van der Waals surface area contributed by atoms with Gasteiger partial charge in [-0.05, 0) is 52.2 Å². The zero-order valence-electron chi connectivity index (χ0n) is 12.8. The summed E-state index contributed by atoms with van der Waals surface area (Å²) in [7, 11) is 4.50. The molecular weight excluding hydrogens is 220 g/mol. The topological polar surface area (TPSA) is 15.3 Å². The van der Waals surface area contributed by atoms with E-state index in [0.717, 1.165) is 18.9 Å². The molecule has 0 aromatic rings. The molecule has 3 atom stereocenters. The lowest BCUT2D eigenvalue weighted by Gasteiger charge is -2.50. The molecule has 2 nitrogen and oxygen atoms in total. The molecule has 0 aliphatic heterocycles. The highest BCUT2D eigenvalue weighted by Crippen LogP contribution is 2.39. The first-order chi connectivity index (χ1) is 8.56. The Balaban J connectivity index is 2.86. The zero-order valence-corrected chi connectivity index (χ0v) is 12.8. The van der Waals surface area contributed by atoms with Crippen molar-refractivity contribution >= 4 is 0 Å². The van der Waals surface area contributed by atoms with Crippen molar-refractivity contribution < 1.29 is 0 Å². The number of nitrogens with zero attached hydrogens (tertiary/aromatic N) is 1. The Morgan fingerprint density at radius 2 is 2.22 bits per heavy atom. The van der Waals surface area contributed by atoms with E-state index in [2.05, 4.69) is 50.8 Å². The normalized spacial score (nSPS) is 30.4. The summed E-state index contributed by atoms with van der Waals surface area (Å²) in [4.78, 5) is 2.47. The molecule has 0 radical (unpaired) electrons. The Morgan fingerprint density at radius 3 is 2.72 bits per heavy atom. The van der Waals surface area contributed by atoms with Crippen molar-refractivity contribution in [3.63, 3.8) is 0 Å². The van der Waals surface area contributed by atoms with Crippen molar-refractivity contribution in [1.82, 2.24) is 10.2 Å². The predicted molar refractivity (Wildman–Crippen MR) is 80.9 cm³/mol. The van der Waals surface area contributed by atoms with Gasteiger partial charge in [0.2, 0.25) is 0 Å². The summed E-state index contributed by atoms with van der Waals surface area (Å²) in [5.41, 5.74) is 0.320. The Labute approximate surface area is 114 Å². The van der Waals surface area contributed by atoms with E-state index in [1.54, 1.807) is 0 Å². The summed E-state index contributed by atoms with van der Waals surface area (Å²) in [5.74, 6) is 0.844. The van der Waals surface area contributed by atoms with Crippen molar-refractivity contribution in [2.24, 2.45) is 5.92 Å². The highest BCUT2D eigenvalue weighted by atomic mass is 15.2. The Hall–Kier alpha value is -0.340. The molecule has 0 amide bonds. The van der Waals surface area contributed by atoms with Crippen LogP contribution in [0.4, 0.5) is 0 Å². The largest absolute Gasteiger partial charge is 0.312 e. The molecule has 0 spiro atoms. The summed E-state index contributed by atoms with van der Waals surface area (Å²) in [6.07, 6.45) is 9.75. The van der Waals surface area contributed by atoms with Gasteiger partial charge in [-0.15, -0.1) is 6.58 Å². The molecule has 1 N–H and O–H groups in total. The molecule has 1 saturated carbocycles. The summed E-state index contributed by atoms with van der Waals surface area (Å²) in [6, 6.07) is 0.549.